The summed E-state index contributed by atoms with van der Waals surface area (Å²) in [7, 11) is -3.86. The van der Waals surface area contributed by atoms with Crippen LogP contribution in [0.5, 0.6) is 0 Å². The Kier molecular flexibility index (Phi) is 5.66. The van der Waals surface area contributed by atoms with Gasteiger partial charge in [0.05, 0.1) is 6.67 Å². The summed E-state index contributed by atoms with van der Waals surface area (Å²) in [5.74, 6) is 0.108. The van der Waals surface area contributed by atoms with E-state index in [9.17, 15) is 12.8 Å². The summed E-state index contributed by atoms with van der Waals surface area (Å²) in [6, 6.07) is 9.71. The predicted octanol–water partition coefficient (Wildman–Crippen LogP) is 2.91. The van der Waals surface area contributed by atoms with Gasteiger partial charge in [-0.15, -0.1) is 0 Å². The molecule has 1 aromatic carbocycles. The van der Waals surface area contributed by atoms with Crippen molar-refractivity contribution in [2.75, 3.05) is 26.2 Å². The topological polar surface area (TPSA) is 76.3 Å². The number of rotatable bonds is 6. The van der Waals surface area contributed by atoms with Gasteiger partial charge in [-0.3, -0.25) is 14.5 Å². The first kappa shape index (κ1) is 21.4. The number of pyridine rings is 1. The van der Waals surface area contributed by atoms with Gasteiger partial charge in [-0.2, -0.15) is 9.40 Å². The van der Waals surface area contributed by atoms with E-state index in [0.717, 1.165) is 24.2 Å². The predicted molar refractivity (Wildman–Crippen MR) is 119 cm³/mol. The molecule has 1 aliphatic carbocycles. The number of sulfonamides is 1. The van der Waals surface area contributed by atoms with Crippen LogP contribution in [0.1, 0.15) is 18.9 Å². The molecule has 0 amide bonds. The minimum Gasteiger partial charge on any atom is -0.297 e. The molecule has 168 valence electrons. The Bertz CT molecular complexity index is 1280. The van der Waals surface area contributed by atoms with Crippen LogP contribution in [0.15, 0.2) is 53.7 Å². The zero-order valence-electron chi connectivity index (χ0n) is 17.3. The molecule has 0 spiro atoms. The average molecular weight is 475 g/mol. The highest BCUT2D eigenvalue weighted by Gasteiger charge is 2.32. The lowest BCUT2D eigenvalue weighted by atomic mass is 10.2. The zero-order valence-corrected chi connectivity index (χ0v) is 19.0. The third kappa shape index (κ3) is 4.01. The molecule has 0 radical (unpaired) electrons. The second kappa shape index (κ2) is 8.47. The van der Waals surface area contributed by atoms with Gasteiger partial charge in [-0.25, -0.2) is 17.5 Å². The minimum absolute atomic E-state index is 0.277. The molecule has 32 heavy (non-hydrogen) atoms. The Balaban J connectivity index is 1.32. The quantitative estimate of drug-likeness (QED) is 0.512. The highest BCUT2D eigenvalue weighted by atomic mass is 32.2. The van der Waals surface area contributed by atoms with Crippen LogP contribution in [0.3, 0.4) is 0 Å². The van der Waals surface area contributed by atoms with E-state index in [1.165, 1.54) is 28.6 Å². The van der Waals surface area contributed by atoms with Gasteiger partial charge >= 0.3 is 0 Å². The van der Waals surface area contributed by atoms with Crippen LogP contribution in [-0.2, 0) is 16.7 Å². The Morgan fingerprint density at radius 2 is 1.72 bits per heavy atom. The number of nitrogens with zero attached hydrogens (tertiary/aromatic N) is 6. The van der Waals surface area contributed by atoms with Crippen molar-refractivity contribution in [1.29, 1.82) is 0 Å². The molecular weight excluding hydrogens is 451 g/mol. The minimum atomic E-state index is -3.86. The van der Waals surface area contributed by atoms with Crippen molar-refractivity contribution in [3.8, 4) is 11.4 Å². The summed E-state index contributed by atoms with van der Waals surface area (Å²) in [6.07, 6.45) is 5.66. The normalized spacial score (nSPS) is 18.2. The van der Waals surface area contributed by atoms with Crippen LogP contribution < -0.4 is 0 Å². The molecule has 11 heteroatoms. The lowest BCUT2D eigenvalue weighted by molar-refractivity contribution is 0.144. The first-order valence-corrected chi connectivity index (χ1v) is 12.4. The van der Waals surface area contributed by atoms with Crippen molar-refractivity contribution >= 4 is 22.2 Å². The monoisotopic (exact) mass is 474 g/mol. The van der Waals surface area contributed by atoms with Crippen LogP contribution >= 0.6 is 12.2 Å². The van der Waals surface area contributed by atoms with Crippen molar-refractivity contribution in [2.24, 2.45) is 0 Å². The number of hydrogen-bond acceptors (Lipinski definition) is 6. The van der Waals surface area contributed by atoms with E-state index >= 15 is 0 Å². The Morgan fingerprint density at radius 1 is 1.03 bits per heavy atom. The second-order valence-corrected chi connectivity index (χ2v) is 10.3. The highest BCUT2D eigenvalue weighted by Crippen LogP contribution is 2.38. The lowest BCUT2D eigenvalue weighted by Gasteiger charge is -2.33. The van der Waals surface area contributed by atoms with Gasteiger partial charge in [0.1, 0.15) is 10.7 Å². The SMILES string of the molecule is O=S(=O)(c1ccccc1F)N1CCN(Cn2nc(-c3ccncc3)n(C3CC3)c2=S)CC1. The van der Waals surface area contributed by atoms with Crippen molar-refractivity contribution < 1.29 is 12.8 Å². The number of halogens is 1. The fourth-order valence-electron chi connectivity index (χ4n) is 3.97. The van der Waals surface area contributed by atoms with Crippen molar-refractivity contribution in [1.82, 2.24) is 28.5 Å². The van der Waals surface area contributed by atoms with Gasteiger partial charge in [0.15, 0.2) is 10.6 Å². The molecule has 2 aliphatic rings. The maximum absolute atomic E-state index is 14.1. The Hall–Kier alpha value is -2.47. The molecule has 5 rings (SSSR count). The molecule has 2 aromatic heterocycles. The van der Waals surface area contributed by atoms with E-state index in [1.807, 2.05) is 16.8 Å². The van der Waals surface area contributed by atoms with E-state index in [1.54, 1.807) is 12.4 Å². The number of hydrogen-bond donors (Lipinski definition) is 0. The van der Waals surface area contributed by atoms with Gasteiger partial charge in [-0.1, -0.05) is 12.1 Å². The number of piperazine rings is 1. The highest BCUT2D eigenvalue weighted by molar-refractivity contribution is 7.89. The molecule has 0 unspecified atom stereocenters. The summed E-state index contributed by atoms with van der Waals surface area (Å²) in [4.78, 5) is 5.92. The average Bonchev–Trinajstić information content (AvgIpc) is 3.59. The largest absolute Gasteiger partial charge is 0.297 e. The standard InChI is InChI=1S/C21H23FN6O2S2/c22-18-3-1-2-4-19(18)32(29,30)26-13-11-25(12-14-26)15-27-21(31)28(17-5-6-17)20(24-27)16-7-9-23-10-8-16/h1-4,7-10,17H,5-6,11-15H2. The first-order valence-electron chi connectivity index (χ1n) is 10.5. The molecule has 2 fully saturated rings. The molecule has 0 atom stereocenters. The third-order valence-electron chi connectivity index (χ3n) is 5.84. The van der Waals surface area contributed by atoms with E-state index in [2.05, 4.69) is 14.5 Å². The van der Waals surface area contributed by atoms with E-state index < -0.39 is 15.8 Å². The smallest absolute Gasteiger partial charge is 0.246 e. The van der Waals surface area contributed by atoms with Gasteiger partial charge in [0.2, 0.25) is 10.0 Å². The summed E-state index contributed by atoms with van der Waals surface area (Å²) >= 11 is 5.73. The van der Waals surface area contributed by atoms with Crippen LogP contribution in [0.2, 0.25) is 0 Å². The van der Waals surface area contributed by atoms with Gasteiger partial charge < -0.3 is 0 Å². The molecule has 8 nitrogen and oxygen atoms in total. The Morgan fingerprint density at radius 3 is 2.38 bits per heavy atom. The fraction of sp³-hybridized carbons (Fsp3) is 0.381. The lowest BCUT2D eigenvalue weighted by Crippen LogP contribution is -2.49. The number of aromatic nitrogens is 4. The van der Waals surface area contributed by atoms with Gasteiger partial charge in [-0.05, 0) is 49.3 Å². The van der Waals surface area contributed by atoms with E-state index in [-0.39, 0.29) is 18.0 Å². The van der Waals surface area contributed by atoms with Crippen molar-refractivity contribution in [3.05, 3.63) is 59.4 Å². The summed E-state index contributed by atoms with van der Waals surface area (Å²) < 4.78 is 45.7. The molecule has 0 bridgehead atoms. The van der Waals surface area contributed by atoms with Crippen LogP contribution in [0.4, 0.5) is 4.39 Å². The van der Waals surface area contributed by atoms with Crippen molar-refractivity contribution in [3.63, 3.8) is 0 Å². The van der Waals surface area contributed by atoms with Crippen LogP contribution in [0.25, 0.3) is 11.4 Å². The molecule has 1 saturated carbocycles. The molecule has 1 aliphatic heterocycles. The maximum Gasteiger partial charge on any atom is 0.246 e. The molecule has 3 heterocycles. The molecular formula is C21H23FN6O2S2. The van der Waals surface area contributed by atoms with Gasteiger partial charge in [0.25, 0.3) is 0 Å². The van der Waals surface area contributed by atoms with E-state index in [0.29, 0.717) is 30.6 Å². The van der Waals surface area contributed by atoms with Crippen LogP contribution in [-0.4, -0.2) is 63.1 Å². The molecule has 0 N–H and O–H groups in total. The first-order chi connectivity index (χ1) is 15.4. The molecule has 3 aromatic rings. The van der Waals surface area contributed by atoms with Gasteiger partial charge in [0, 0.05) is 50.2 Å². The zero-order chi connectivity index (χ0) is 22.3. The second-order valence-electron chi connectivity index (χ2n) is 8.04. The summed E-state index contributed by atoms with van der Waals surface area (Å²) in [5, 5.41) is 4.79. The molecule has 1 saturated heterocycles. The number of benzene rings is 1. The van der Waals surface area contributed by atoms with Crippen LogP contribution in [0, 0.1) is 10.6 Å². The van der Waals surface area contributed by atoms with E-state index in [4.69, 9.17) is 17.3 Å². The summed E-state index contributed by atoms with van der Waals surface area (Å²) in [5.41, 5.74) is 0.970. The third-order valence-corrected chi connectivity index (χ3v) is 8.18. The summed E-state index contributed by atoms with van der Waals surface area (Å²) in [6.45, 7) is 2.06. The van der Waals surface area contributed by atoms with Crippen molar-refractivity contribution in [2.45, 2.75) is 30.4 Å². The Labute approximate surface area is 191 Å². The fourth-order valence-corrected chi connectivity index (χ4v) is 5.79. The maximum atomic E-state index is 14.1.